The Bertz CT molecular complexity index is 902. The van der Waals surface area contributed by atoms with Gasteiger partial charge >= 0.3 is 11.9 Å². The van der Waals surface area contributed by atoms with Crippen molar-refractivity contribution in [2.75, 3.05) is 6.61 Å². The Morgan fingerprint density at radius 1 is 0.958 bits per heavy atom. The van der Waals surface area contributed by atoms with Crippen LogP contribution in [0, 0.1) is 0 Å². The normalized spacial score (nSPS) is 10.5. The maximum Gasteiger partial charge on any atom is 0.349 e. The van der Waals surface area contributed by atoms with Crippen LogP contribution in [0.3, 0.4) is 0 Å². The summed E-state index contributed by atoms with van der Waals surface area (Å²) in [6, 6.07) is 17.4. The third kappa shape index (κ3) is 3.13. The molecule has 0 spiro atoms. The van der Waals surface area contributed by atoms with Crippen LogP contribution in [0.15, 0.2) is 66.7 Å². The molecule has 24 heavy (non-hydrogen) atoms. The van der Waals surface area contributed by atoms with Crippen molar-refractivity contribution in [2.45, 2.75) is 6.92 Å². The molecule has 0 aromatic heterocycles. The molecule has 0 aliphatic heterocycles. The maximum absolute atomic E-state index is 12.1. The van der Waals surface area contributed by atoms with Crippen LogP contribution in [0.4, 0.5) is 0 Å². The van der Waals surface area contributed by atoms with Crippen molar-refractivity contribution in [3.8, 4) is 5.75 Å². The Morgan fingerprint density at radius 3 is 2.04 bits per heavy atom. The number of carbonyl (C=O) groups excluding carboxylic acids is 2. The fraction of sp³-hybridized carbons (Fsp3) is 0.100. The first-order valence-electron chi connectivity index (χ1n) is 7.50. The van der Waals surface area contributed by atoms with Gasteiger partial charge in [0, 0.05) is 16.3 Å². The number of carbonyl (C=O) groups is 2. The van der Waals surface area contributed by atoms with Crippen molar-refractivity contribution in [2.24, 2.45) is 0 Å². The second-order valence-electron chi connectivity index (χ2n) is 5.48. The molecule has 0 aliphatic rings. The summed E-state index contributed by atoms with van der Waals surface area (Å²) < 4.78 is 10.4. The molecule has 0 saturated carbocycles. The minimum absolute atomic E-state index is 0.235. The molecule has 0 aliphatic carbocycles. The molecule has 0 bridgehead atoms. The Labute approximate surface area is 139 Å². The molecule has 0 amide bonds. The fourth-order valence-corrected chi connectivity index (χ4v) is 2.47. The van der Waals surface area contributed by atoms with Gasteiger partial charge in [0.15, 0.2) is 6.61 Å². The predicted octanol–water partition coefficient (Wildman–Crippen LogP) is 4.02. The first kappa shape index (κ1) is 15.7. The first-order chi connectivity index (χ1) is 11.6. The zero-order chi connectivity index (χ0) is 17.1. The lowest BCUT2D eigenvalue weighted by Crippen LogP contribution is -2.19. The van der Waals surface area contributed by atoms with Crippen LogP contribution in [0.5, 0.6) is 5.75 Å². The summed E-state index contributed by atoms with van der Waals surface area (Å²) in [7, 11) is 0. The van der Waals surface area contributed by atoms with Gasteiger partial charge in [-0.15, -0.1) is 0 Å². The highest BCUT2D eigenvalue weighted by atomic mass is 16.6. The molecule has 3 rings (SSSR count). The topological polar surface area (TPSA) is 52.6 Å². The van der Waals surface area contributed by atoms with Gasteiger partial charge in [-0.25, -0.2) is 9.59 Å². The van der Waals surface area contributed by atoms with Crippen LogP contribution < -0.4 is 4.74 Å². The Balaban J connectivity index is 1.96. The molecule has 0 saturated heterocycles. The molecular formula is C20H16O4. The van der Waals surface area contributed by atoms with Gasteiger partial charge in [-0.3, -0.25) is 0 Å². The van der Waals surface area contributed by atoms with E-state index in [4.69, 9.17) is 9.47 Å². The molecule has 120 valence electrons. The van der Waals surface area contributed by atoms with Crippen LogP contribution >= 0.6 is 0 Å². The van der Waals surface area contributed by atoms with Crippen molar-refractivity contribution in [3.05, 3.63) is 66.7 Å². The van der Waals surface area contributed by atoms with Gasteiger partial charge in [0.25, 0.3) is 0 Å². The van der Waals surface area contributed by atoms with Crippen LogP contribution in [-0.2, 0) is 14.3 Å². The molecule has 4 heteroatoms. The Morgan fingerprint density at radius 2 is 1.50 bits per heavy atom. The summed E-state index contributed by atoms with van der Waals surface area (Å²) in [6.45, 7) is 4.54. The average molecular weight is 320 g/mol. The monoisotopic (exact) mass is 320 g/mol. The highest BCUT2D eigenvalue weighted by Gasteiger charge is 2.14. The minimum atomic E-state index is -0.633. The second kappa shape index (κ2) is 6.54. The van der Waals surface area contributed by atoms with E-state index in [0.717, 1.165) is 21.5 Å². The van der Waals surface area contributed by atoms with Gasteiger partial charge in [0.1, 0.15) is 5.75 Å². The van der Waals surface area contributed by atoms with Gasteiger partial charge < -0.3 is 9.47 Å². The molecule has 0 radical (unpaired) electrons. The van der Waals surface area contributed by atoms with Crippen LogP contribution in [0.2, 0.25) is 0 Å². The number of rotatable bonds is 4. The number of fused-ring (bicyclic) bond motifs is 2. The number of benzene rings is 3. The summed E-state index contributed by atoms with van der Waals surface area (Å²) in [4.78, 5) is 23.5. The molecule has 3 aromatic rings. The second-order valence-corrected chi connectivity index (χ2v) is 5.48. The molecule has 0 heterocycles. The number of esters is 2. The summed E-state index contributed by atoms with van der Waals surface area (Å²) in [5, 5.41) is 3.60. The lowest BCUT2D eigenvalue weighted by atomic mass is 10.0. The molecular weight excluding hydrogens is 304 g/mol. The van der Waals surface area contributed by atoms with E-state index in [0.29, 0.717) is 5.75 Å². The standard InChI is InChI=1S/C20H16O4/c1-13(2)20(22)23-12-18(21)24-19-16-9-5-3-7-14(16)11-15-8-4-6-10-17(15)19/h3-11H,1,12H2,2H3. The van der Waals surface area contributed by atoms with Crippen molar-refractivity contribution in [1.82, 2.24) is 0 Å². The minimum Gasteiger partial charge on any atom is -0.450 e. The molecule has 0 unspecified atom stereocenters. The zero-order valence-electron chi connectivity index (χ0n) is 13.2. The summed E-state index contributed by atoms with van der Waals surface area (Å²) in [6.07, 6.45) is 0. The Kier molecular flexibility index (Phi) is 4.29. The molecule has 0 fully saturated rings. The lowest BCUT2D eigenvalue weighted by molar-refractivity contribution is -0.150. The fourth-order valence-electron chi connectivity index (χ4n) is 2.47. The van der Waals surface area contributed by atoms with Crippen molar-refractivity contribution < 1.29 is 19.1 Å². The van der Waals surface area contributed by atoms with Crippen LogP contribution in [0.1, 0.15) is 6.92 Å². The maximum atomic E-state index is 12.1. The highest BCUT2D eigenvalue weighted by molar-refractivity contribution is 6.06. The molecule has 3 aromatic carbocycles. The number of hydrogen-bond donors (Lipinski definition) is 0. The van der Waals surface area contributed by atoms with Crippen molar-refractivity contribution in [1.29, 1.82) is 0 Å². The predicted molar refractivity (Wildman–Crippen MR) is 92.9 cm³/mol. The quantitative estimate of drug-likeness (QED) is 0.315. The first-order valence-corrected chi connectivity index (χ1v) is 7.50. The van der Waals surface area contributed by atoms with E-state index in [9.17, 15) is 9.59 Å². The van der Waals surface area contributed by atoms with Gasteiger partial charge in [-0.05, 0) is 23.8 Å². The summed E-state index contributed by atoms with van der Waals surface area (Å²) >= 11 is 0. The van der Waals surface area contributed by atoms with E-state index >= 15 is 0 Å². The molecule has 0 N–H and O–H groups in total. The van der Waals surface area contributed by atoms with E-state index in [1.165, 1.54) is 6.92 Å². The van der Waals surface area contributed by atoms with E-state index < -0.39 is 18.5 Å². The van der Waals surface area contributed by atoms with Gasteiger partial charge in [-0.2, -0.15) is 0 Å². The Hall–Kier alpha value is -3.14. The van der Waals surface area contributed by atoms with E-state index in [1.807, 2.05) is 54.6 Å². The van der Waals surface area contributed by atoms with E-state index in [2.05, 4.69) is 6.58 Å². The van der Waals surface area contributed by atoms with Crippen molar-refractivity contribution in [3.63, 3.8) is 0 Å². The number of hydrogen-bond acceptors (Lipinski definition) is 4. The molecule has 4 nitrogen and oxygen atoms in total. The smallest absolute Gasteiger partial charge is 0.349 e. The van der Waals surface area contributed by atoms with Gasteiger partial charge in [0.05, 0.1) is 0 Å². The SMILES string of the molecule is C=C(C)C(=O)OCC(=O)Oc1c2ccccc2cc2ccccc12. The van der Waals surface area contributed by atoms with Crippen LogP contribution in [0.25, 0.3) is 21.5 Å². The van der Waals surface area contributed by atoms with E-state index in [-0.39, 0.29) is 5.57 Å². The average Bonchev–Trinajstić information content (AvgIpc) is 2.59. The number of ether oxygens (including phenoxy) is 2. The lowest BCUT2D eigenvalue weighted by Gasteiger charge is -2.12. The summed E-state index contributed by atoms with van der Waals surface area (Å²) in [5.41, 5.74) is 0.235. The largest absolute Gasteiger partial charge is 0.450 e. The highest BCUT2D eigenvalue weighted by Crippen LogP contribution is 2.34. The zero-order valence-corrected chi connectivity index (χ0v) is 13.2. The van der Waals surface area contributed by atoms with Crippen molar-refractivity contribution >= 4 is 33.5 Å². The van der Waals surface area contributed by atoms with E-state index in [1.54, 1.807) is 0 Å². The van der Waals surface area contributed by atoms with Gasteiger partial charge in [0.2, 0.25) is 0 Å². The molecule has 0 atom stereocenters. The third-order valence-corrected chi connectivity index (χ3v) is 3.61. The third-order valence-electron chi connectivity index (χ3n) is 3.61. The van der Waals surface area contributed by atoms with Crippen LogP contribution in [-0.4, -0.2) is 18.5 Å². The van der Waals surface area contributed by atoms with Gasteiger partial charge in [-0.1, -0.05) is 55.1 Å². The summed E-state index contributed by atoms with van der Waals surface area (Å²) in [5.74, 6) is -0.777.